The number of rotatable bonds is 4. The molecule has 0 spiro atoms. The van der Waals surface area contributed by atoms with E-state index in [9.17, 15) is 9.59 Å². The lowest BCUT2D eigenvalue weighted by molar-refractivity contribution is 0.0603. The molecule has 132 valence electrons. The van der Waals surface area contributed by atoms with E-state index in [4.69, 9.17) is 4.74 Å². The van der Waals surface area contributed by atoms with Crippen LogP contribution in [0.1, 0.15) is 31.8 Å². The van der Waals surface area contributed by atoms with Crippen LogP contribution in [0.25, 0.3) is 11.1 Å². The number of carbonyl (C=O) groups excluding carboxylic acids is 2. The van der Waals surface area contributed by atoms with E-state index in [1.54, 1.807) is 12.1 Å². The van der Waals surface area contributed by atoms with Gasteiger partial charge >= 0.3 is 5.97 Å². The third kappa shape index (κ3) is 3.68. The summed E-state index contributed by atoms with van der Waals surface area (Å²) in [5.41, 5.74) is 4.79. The predicted octanol–water partition coefficient (Wildman–Crippen LogP) is 5.07. The highest BCUT2D eigenvalue weighted by molar-refractivity contribution is 7.15. The zero-order valence-electron chi connectivity index (χ0n) is 14.8. The molecule has 0 aliphatic rings. The van der Waals surface area contributed by atoms with Crippen LogP contribution in [0.3, 0.4) is 0 Å². The molecule has 2 aromatic carbocycles. The molecule has 0 bridgehead atoms. The summed E-state index contributed by atoms with van der Waals surface area (Å²) in [6.45, 7) is 3.97. The lowest BCUT2D eigenvalue weighted by atomic mass is 10.0. The highest BCUT2D eigenvalue weighted by Gasteiger charge is 2.22. The number of methoxy groups -OCH3 is 1. The highest BCUT2D eigenvalue weighted by Crippen LogP contribution is 2.36. The smallest absolute Gasteiger partial charge is 0.341 e. The summed E-state index contributed by atoms with van der Waals surface area (Å²) in [5, 5.41) is 5.19. The van der Waals surface area contributed by atoms with Crippen molar-refractivity contribution >= 4 is 28.2 Å². The van der Waals surface area contributed by atoms with Crippen molar-refractivity contribution in [1.29, 1.82) is 0 Å². The molecular weight excluding hydrogens is 346 g/mol. The minimum absolute atomic E-state index is 0.257. The van der Waals surface area contributed by atoms with Gasteiger partial charge in [-0.05, 0) is 31.5 Å². The van der Waals surface area contributed by atoms with Crippen LogP contribution < -0.4 is 5.32 Å². The lowest BCUT2D eigenvalue weighted by Crippen LogP contribution is -2.14. The van der Waals surface area contributed by atoms with Crippen molar-refractivity contribution in [3.05, 3.63) is 76.2 Å². The molecule has 4 nitrogen and oxygen atoms in total. The summed E-state index contributed by atoms with van der Waals surface area (Å²) in [7, 11) is 1.34. The second kappa shape index (κ2) is 7.54. The summed E-state index contributed by atoms with van der Waals surface area (Å²) in [6, 6.07) is 15.2. The van der Waals surface area contributed by atoms with Gasteiger partial charge in [-0.2, -0.15) is 0 Å². The molecule has 0 aliphatic heterocycles. The number of esters is 1. The summed E-state index contributed by atoms with van der Waals surface area (Å²) in [5.74, 6) is -0.728. The average Bonchev–Trinajstić information content (AvgIpc) is 3.05. The molecule has 0 atom stereocenters. The molecule has 0 fully saturated rings. The van der Waals surface area contributed by atoms with Crippen molar-refractivity contribution in [2.24, 2.45) is 0 Å². The topological polar surface area (TPSA) is 55.4 Å². The number of benzene rings is 2. The van der Waals surface area contributed by atoms with Crippen molar-refractivity contribution in [2.45, 2.75) is 13.8 Å². The van der Waals surface area contributed by atoms with E-state index in [1.807, 2.05) is 55.6 Å². The molecule has 26 heavy (non-hydrogen) atoms. The molecule has 5 heteroatoms. The van der Waals surface area contributed by atoms with Gasteiger partial charge in [0.25, 0.3) is 5.91 Å². The molecule has 1 heterocycles. The number of nitrogens with one attached hydrogen (secondary N) is 1. The van der Waals surface area contributed by atoms with Gasteiger partial charge in [-0.3, -0.25) is 4.79 Å². The first kappa shape index (κ1) is 17.9. The second-order valence-electron chi connectivity index (χ2n) is 6.03. The number of thiophene rings is 1. The summed E-state index contributed by atoms with van der Waals surface area (Å²) < 4.78 is 4.94. The number of hydrogen-bond donors (Lipinski definition) is 1. The van der Waals surface area contributed by atoms with Gasteiger partial charge in [-0.25, -0.2) is 4.79 Å². The van der Waals surface area contributed by atoms with Crippen LogP contribution in [-0.4, -0.2) is 19.0 Å². The Bertz CT molecular complexity index is 940. The van der Waals surface area contributed by atoms with Crippen LogP contribution in [0.15, 0.2) is 53.9 Å². The number of hydrogen-bond acceptors (Lipinski definition) is 4. The normalized spacial score (nSPS) is 10.4. The SMILES string of the molecule is COC(=O)c1c(-c2ccc(C)cc2)csc1NC(=O)c1ccc(C)cc1. The Morgan fingerprint density at radius 2 is 1.50 bits per heavy atom. The Balaban J connectivity index is 1.96. The van der Waals surface area contributed by atoms with Gasteiger partial charge in [-0.15, -0.1) is 11.3 Å². The fourth-order valence-corrected chi connectivity index (χ4v) is 3.53. The van der Waals surface area contributed by atoms with E-state index in [2.05, 4.69) is 5.32 Å². The largest absolute Gasteiger partial charge is 0.465 e. The van der Waals surface area contributed by atoms with Crippen molar-refractivity contribution < 1.29 is 14.3 Å². The number of aryl methyl sites for hydroxylation is 2. The Kier molecular flexibility index (Phi) is 5.19. The Labute approximate surface area is 156 Å². The molecule has 0 radical (unpaired) electrons. The van der Waals surface area contributed by atoms with Crippen molar-refractivity contribution in [2.75, 3.05) is 12.4 Å². The predicted molar refractivity (Wildman–Crippen MR) is 105 cm³/mol. The van der Waals surface area contributed by atoms with E-state index in [0.29, 0.717) is 16.1 Å². The summed E-state index contributed by atoms with van der Waals surface area (Å²) >= 11 is 1.31. The monoisotopic (exact) mass is 365 g/mol. The van der Waals surface area contributed by atoms with Gasteiger partial charge in [0.15, 0.2) is 0 Å². The zero-order valence-corrected chi connectivity index (χ0v) is 15.6. The maximum atomic E-state index is 12.5. The Morgan fingerprint density at radius 3 is 2.08 bits per heavy atom. The third-order valence-corrected chi connectivity index (χ3v) is 4.98. The number of ether oxygens (including phenoxy) is 1. The molecule has 3 aromatic rings. The summed E-state index contributed by atoms with van der Waals surface area (Å²) in [6.07, 6.45) is 0. The van der Waals surface area contributed by atoms with Crippen LogP contribution in [-0.2, 0) is 4.74 Å². The first-order valence-corrected chi connectivity index (χ1v) is 9.02. The Morgan fingerprint density at radius 1 is 0.923 bits per heavy atom. The standard InChI is InChI=1S/C21H19NO3S/c1-13-4-8-15(9-5-13)17-12-26-20(18(17)21(24)25-3)22-19(23)16-10-6-14(2)7-11-16/h4-12H,1-3H3,(H,22,23). The van der Waals surface area contributed by atoms with Crippen molar-refractivity contribution in [1.82, 2.24) is 0 Å². The van der Waals surface area contributed by atoms with Gasteiger partial charge in [0.1, 0.15) is 10.6 Å². The second-order valence-corrected chi connectivity index (χ2v) is 6.91. The van der Waals surface area contributed by atoms with Gasteiger partial charge in [-0.1, -0.05) is 47.5 Å². The molecule has 1 N–H and O–H groups in total. The van der Waals surface area contributed by atoms with Gasteiger partial charge in [0.2, 0.25) is 0 Å². The highest BCUT2D eigenvalue weighted by atomic mass is 32.1. The maximum Gasteiger partial charge on any atom is 0.341 e. The number of amides is 1. The molecule has 0 saturated heterocycles. The summed E-state index contributed by atoms with van der Waals surface area (Å²) in [4.78, 5) is 24.9. The molecule has 1 amide bonds. The van der Waals surface area contributed by atoms with E-state index in [0.717, 1.165) is 22.3 Å². The first-order chi connectivity index (χ1) is 12.5. The van der Waals surface area contributed by atoms with E-state index < -0.39 is 5.97 Å². The number of carbonyl (C=O) groups is 2. The first-order valence-electron chi connectivity index (χ1n) is 8.14. The van der Waals surface area contributed by atoms with Gasteiger partial charge in [0, 0.05) is 16.5 Å². The lowest BCUT2D eigenvalue weighted by Gasteiger charge is -2.08. The van der Waals surface area contributed by atoms with Gasteiger partial charge in [0.05, 0.1) is 7.11 Å². The van der Waals surface area contributed by atoms with Crippen LogP contribution in [0.5, 0.6) is 0 Å². The van der Waals surface area contributed by atoms with E-state index in [-0.39, 0.29) is 5.91 Å². The third-order valence-electron chi connectivity index (χ3n) is 4.08. The molecule has 0 aliphatic carbocycles. The van der Waals surface area contributed by atoms with Crippen LogP contribution >= 0.6 is 11.3 Å². The minimum Gasteiger partial charge on any atom is -0.465 e. The van der Waals surface area contributed by atoms with Crippen LogP contribution in [0, 0.1) is 13.8 Å². The molecule has 3 rings (SSSR count). The average molecular weight is 365 g/mol. The fraction of sp³-hybridized carbons (Fsp3) is 0.143. The maximum absolute atomic E-state index is 12.5. The minimum atomic E-state index is -0.471. The van der Waals surface area contributed by atoms with Crippen molar-refractivity contribution in [3.63, 3.8) is 0 Å². The zero-order chi connectivity index (χ0) is 18.7. The fourth-order valence-electron chi connectivity index (χ4n) is 2.58. The van der Waals surface area contributed by atoms with Crippen LogP contribution in [0.2, 0.25) is 0 Å². The number of anilines is 1. The van der Waals surface area contributed by atoms with E-state index in [1.165, 1.54) is 18.4 Å². The Hall–Kier alpha value is -2.92. The molecule has 1 aromatic heterocycles. The van der Waals surface area contributed by atoms with Crippen LogP contribution in [0.4, 0.5) is 5.00 Å². The molecule has 0 saturated carbocycles. The quantitative estimate of drug-likeness (QED) is 0.657. The van der Waals surface area contributed by atoms with Crippen molar-refractivity contribution in [3.8, 4) is 11.1 Å². The van der Waals surface area contributed by atoms with E-state index >= 15 is 0 Å². The molecular formula is C21H19NO3S. The van der Waals surface area contributed by atoms with Gasteiger partial charge < -0.3 is 10.1 Å². The molecule has 0 unspecified atom stereocenters.